The van der Waals surface area contributed by atoms with Gasteiger partial charge in [-0.1, -0.05) is 15.9 Å². The average molecular weight is 347 g/mol. The molecule has 0 bridgehead atoms. The van der Waals surface area contributed by atoms with Crippen LogP contribution >= 0.6 is 15.9 Å². The van der Waals surface area contributed by atoms with Crippen molar-refractivity contribution in [3.63, 3.8) is 0 Å². The Morgan fingerprint density at radius 2 is 1.95 bits per heavy atom. The van der Waals surface area contributed by atoms with Gasteiger partial charge in [-0.15, -0.1) is 0 Å². The predicted octanol–water partition coefficient (Wildman–Crippen LogP) is 3.78. The monoisotopic (exact) mass is 346 g/mol. The summed E-state index contributed by atoms with van der Waals surface area (Å²) in [5.74, 6) is -0.218. The summed E-state index contributed by atoms with van der Waals surface area (Å²) in [4.78, 5) is 3.91. The molecule has 1 N–H and O–H groups in total. The highest BCUT2D eigenvalue weighted by Crippen LogP contribution is 2.18. The highest BCUT2D eigenvalue weighted by molar-refractivity contribution is 9.10. The van der Waals surface area contributed by atoms with Crippen molar-refractivity contribution in [2.24, 2.45) is 0 Å². The van der Waals surface area contributed by atoms with E-state index in [2.05, 4.69) is 31.3 Å². The van der Waals surface area contributed by atoms with Gasteiger partial charge in [0.1, 0.15) is 18.5 Å². The van der Waals surface area contributed by atoms with Crippen molar-refractivity contribution >= 4 is 21.6 Å². The number of aromatic nitrogens is 3. The minimum atomic E-state index is -0.218. The molecule has 3 aromatic rings. The van der Waals surface area contributed by atoms with Crippen LogP contribution in [-0.4, -0.2) is 14.8 Å². The molecule has 2 aromatic carbocycles. The number of rotatable bonds is 4. The van der Waals surface area contributed by atoms with Gasteiger partial charge in [-0.3, -0.25) is 0 Å². The Morgan fingerprint density at radius 3 is 2.67 bits per heavy atom. The normalized spacial score (nSPS) is 10.6. The number of anilines is 1. The molecule has 6 heteroatoms. The van der Waals surface area contributed by atoms with Gasteiger partial charge in [0.25, 0.3) is 0 Å². The van der Waals surface area contributed by atoms with E-state index in [4.69, 9.17) is 0 Å². The van der Waals surface area contributed by atoms with Crippen molar-refractivity contribution in [3.05, 3.63) is 71.0 Å². The second-order valence-electron chi connectivity index (χ2n) is 4.48. The number of hydrogen-bond acceptors (Lipinski definition) is 3. The Labute approximate surface area is 129 Å². The summed E-state index contributed by atoms with van der Waals surface area (Å²) in [6, 6.07) is 12.6. The standard InChI is InChI=1S/C15H12BrFN4/c16-12-1-6-15(17)11(7-12)8-19-13-2-4-14(5-3-13)21-10-18-9-20-21/h1-7,9-10,19H,8H2. The lowest BCUT2D eigenvalue weighted by Gasteiger charge is -2.09. The van der Waals surface area contributed by atoms with Gasteiger partial charge in [0.05, 0.1) is 5.69 Å². The van der Waals surface area contributed by atoms with Gasteiger partial charge >= 0.3 is 0 Å². The van der Waals surface area contributed by atoms with E-state index in [1.54, 1.807) is 23.1 Å². The van der Waals surface area contributed by atoms with Gasteiger partial charge in [0.2, 0.25) is 0 Å². The summed E-state index contributed by atoms with van der Waals surface area (Å²) in [6.07, 6.45) is 3.13. The molecule has 3 rings (SSSR count). The number of benzene rings is 2. The molecule has 0 amide bonds. The molecule has 106 valence electrons. The van der Waals surface area contributed by atoms with Crippen molar-refractivity contribution in [2.75, 3.05) is 5.32 Å². The number of halogens is 2. The first-order valence-corrected chi connectivity index (χ1v) is 7.14. The zero-order chi connectivity index (χ0) is 14.7. The molecule has 0 saturated heterocycles. The molecule has 0 radical (unpaired) electrons. The smallest absolute Gasteiger partial charge is 0.138 e. The molecule has 21 heavy (non-hydrogen) atoms. The van der Waals surface area contributed by atoms with Gasteiger partial charge in [0, 0.05) is 22.3 Å². The first-order valence-electron chi connectivity index (χ1n) is 6.35. The summed E-state index contributed by atoms with van der Waals surface area (Å²) >= 11 is 3.34. The lowest BCUT2D eigenvalue weighted by molar-refractivity contribution is 0.612. The third kappa shape index (κ3) is 3.28. The molecule has 1 aromatic heterocycles. The Morgan fingerprint density at radius 1 is 1.14 bits per heavy atom. The quantitative estimate of drug-likeness (QED) is 0.781. The summed E-state index contributed by atoms with van der Waals surface area (Å²) in [5, 5.41) is 7.26. The van der Waals surface area contributed by atoms with Gasteiger partial charge in [-0.05, 0) is 42.5 Å². The summed E-state index contributed by atoms with van der Waals surface area (Å²) < 4.78 is 16.2. The molecule has 0 aliphatic carbocycles. The van der Waals surface area contributed by atoms with E-state index in [1.807, 2.05) is 24.3 Å². The van der Waals surface area contributed by atoms with E-state index in [0.29, 0.717) is 12.1 Å². The SMILES string of the molecule is Fc1ccc(Br)cc1CNc1ccc(-n2cncn2)cc1. The van der Waals surface area contributed by atoms with Crippen LogP contribution in [-0.2, 0) is 6.54 Å². The van der Waals surface area contributed by atoms with Gasteiger partial charge in [0.15, 0.2) is 0 Å². The third-order valence-electron chi connectivity index (χ3n) is 3.04. The highest BCUT2D eigenvalue weighted by Gasteiger charge is 2.03. The van der Waals surface area contributed by atoms with Gasteiger partial charge < -0.3 is 5.32 Å². The summed E-state index contributed by atoms with van der Waals surface area (Å²) in [7, 11) is 0. The van der Waals surface area contributed by atoms with E-state index in [0.717, 1.165) is 15.8 Å². The zero-order valence-corrected chi connectivity index (χ0v) is 12.6. The van der Waals surface area contributed by atoms with E-state index < -0.39 is 0 Å². The van der Waals surface area contributed by atoms with Crippen LogP contribution in [0.25, 0.3) is 5.69 Å². The Kier molecular flexibility index (Phi) is 3.96. The fourth-order valence-electron chi connectivity index (χ4n) is 1.95. The minimum absolute atomic E-state index is 0.218. The van der Waals surface area contributed by atoms with E-state index >= 15 is 0 Å². The maximum absolute atomic E-state index is 13.6. The first-order chi connectivity index (χ1) is 10.2. The predicted molar refractivity (Wildman–Crippen MR) is 82.8 cm³/mol. The van der Waals surface area contributed by atoms with Gasteiger partial charge in [-0.2, -0.15) is 5.10 Å². The van der Waals surface area contributed by atoms with Crippen LogP contribution < -0.4 is 5.32 Å². The molecular formula is C15H12BrFN4. The van der Waals surface area contributed by atoms with Crippen LogP contribution in [0.4, 0.5) is 10.1 Å². The van der Waals surface area contributed by atoms with Crippen LogP contribution in [0.15, 0.2) is 59.6 Å². The van der Waals surface area contributed by atoms with E-state index in [-0.39, 0.29) is 5.82 Å². The molecule has 0 spiro atoms. The fourth-order valence-corrected chi connectivity index (χ4v) is 2.36. The van der Waals surface area contributed by atoms with Crippen LogP contribution in [0.1, 0.15) is 5.56 Å². The van der Waals surface area contributed by atoms with Crippen molar-refractivity contribution < 1.29 is 4.39 Å². The Balaban J connectivity index is 1.70. The molecule has 0 aliphatic heterocycles. The zero-order valence-electron chi connectivity index (χ0n) is 11.0. The molecular weight excluding hydrogens is 335 g/mol. The lowest BCUT2D eigenvalue weighted by Crippen LogP contribution is -2.02. The second kappa shape index (κ2) is 6.05. The topological polar surface area (TPSA) is 42.7 Å². The maximum Gasteiger partial charge on any atom is 0.138 e. The van der Waals surface area contributed by atoms with Gasteiger partial charge in [-0.25, -0.2) is 14.1 Å². The molecule has 0 aliphatic rings. The van der Waals surface area contributed by atoms with Crippen molar-refractivity contribution in [1.82, 2.24) is 14.8 Å². The molecule has 0 unspecified atom stereocenters. The van der Waals surface area contributed by atoms with Crippen LogP contribution in [0.5, 0.6) is 0 Å². The minimum Gasteiger partial charge on any atom is -0.381 e. The lowest BCUT2D eigenvalue weighted by atomic mass is 10.2. The molecule has 0 saturated carbocycles. The summed E-state index contributed by atoms with van der Waals surface area (Å²) in [5.41, 5.74) is 2.45. The molecule has 1 heterocycles. The fraction of sp³-hybridized carbons (Fsp3) is 0.0667. The van der Waals surface area contributed by atoms with Crippen LogP contribution in [0.2, 0.25) is 0 Å². The first kappa shape index (κ1) is 13.8. The van der Waals surface area contributed by atoms with E-state index in [9.17, 15) is 4.39 Å². The third-order valence-corrected chi connectivity index (χ3v) is 3.53. The second-order valence-corrected chi connectivity index (χ2v) is 5.39. The number of nitrogens with one attached hydrogen (secondary N) is 1. The summed E-state index contributed by atoms with van der Waals surface area (Å²) in [6.45, 7) is 0.425. The Hall–Kier alpha value is -2.21. The molecule has 4 nitrogen and oxygen atoms in total. The van der Waals surface area contributed by atoms with Crippen LogP contribution in [0, 0.1) is 5.82 Å². The van der Waals surface area contributed by atoms with Crippen LogP contribution in [0.3, 0.4) is 0 Å². The molecule has 0 fully saturated rings. The van der Waals surface area contributed by atoms with Crippen molar-refractivity contribution in [3.8, 4) is 5.69 Å². The number of nitrogens with zero attached hydrogens (tertiary/aromatic N) is 3. The maximum atomic E-state index is 13.6. The van der Waals surface area contributed by atoms with E-state index in [1.165, 1.54) is 12.4 Å². The Bertz CT molecular complexity index is 726. The number of hydrogen-bond donors (Lipinski definition) is 1. The molecule has 0 atom stereocenters. The van der Waals surface area contributed by atoms with Crippen molar-refractivity contribution in [2.45, 2.75) is 6.54 Å². The van der Waals surface area contributed by atoms with Crippen molar-refractivity contribution in [1.29, 1.82) is 0 Å². The highest BCUT2D eigenvalue weighted by atomic mass is 79.9. The largest absolute Gasteiger partial charge is 0.381 e. The average Bonchev–Trinajstić information content (AvgIpc) is 3.03.